The van der Waals surface area contributed by atoms with Gasteiger partial charge in [-0.25, -0.2) is 0 Å². The minimum Gasteiger partial charge on any atom is -0.457 e. The number of ether oxygens (including phenoxy) is 1. The zero-order valence-corrected chi connectivity index (χ0v) is 29.8. The lowest BCUT2D eigenvalue weighted by molar-refractivity contribution is 0.156. The van der Waals surface area contributed by atoms with Gasteiger partial charge in [0.1, 0.15) is 0 Å². The van der Waals surface area contributed by atoms with Crippen molar-refractivity contribution >= 4 is 45.4 Å². The lowest BCUT2D eigenvalue weighted by Crippen LogP contribution is -2.40. The molecule has 1 rings (SSSR count). The summed E-state index contributed by atoms with van der Waals surface area (Å²) in [5.74, 6) is 1.15. The van der Waals surface area contributed by atoms with Gasteiger partial charge in [-0.1, -0.05) is 199 Å². The molecule has 1 atom stereocenters. The van der Waals surface area contributed by atoms with Gasteiger partial charge in [0, 0.05) is 17.0 Å². The number of hydrogen-bond donors (Lipinski definition) is 1. The van der Waals surface area contributed by atoms with Gasteiger partial charge in [-0.15, -0.1) is 0 Å². The molecule has 0 saturated heterocycles. The first-order valence-corrected chi connectivity index (χ1v) is 19.2. The molecular weight excluding hydrogens is 547 g/mol. The first-order chi connectivity index (χ1) is 19.4. The lowest BCUT2D eigenvalue weighted by Gasteiger charge is -2.28. The van der Waals surface area contributed by atoms with E-state index < -0.39 is 5.06 Å². The maximum atomic E-state index is 6.21. The van der Waals surface area contributed by atoms with Crippen LogP contribution < -0.4 is 5.73 Å². The van der Waals surface area contributed by atoms with Gasteiger partial charge in [-0.2, -0.15) is 0 Å². The van der Waals surface area contributed by atoms with Crippen molar-refractivity contribution in [3.8, 4) is 0 Å². The van der Waals surface area contributed by atoms with Gasteiger partial charge in [0.15, 0.2) is 5.05 Å². The second-order valence-electron chi connectivity index (χ2n) is 12.3. The first-order valence-electron chi connectivity index (χ1n) is 17.6. The van der Waals surface area contributed by atoms with Crippen LogP contribution in [0.15, 0.2) is 0 Å². The molecule has 1 unspecified atom stereocenters. The summed E-state index contributed by atoms with van der Waals surface area (Å²) in [6.45, 7) is 8.44. The maximum absolute atomic E-state index is 6.21. The molecule has 2 N–H and O–H groups in total. The van der Waals surface area contributed by atoms with Gasteiger partial charge in [-0.05, 0) is 31.5 Å². The number of nitrogens with two attached hydrogens (primary N) is 1. The third-order valence-electron chi connectivity index (χ3n) is 7.99. The molecule has 0 aromatic rings. The Labute approximate surface area is 266 Å². The van der Waals surface area contributed by atoms with Crippen LogP contribution in [0.25, 0.3) is 0 Å². The molecule has 0 aliphatic heterocycles. The van der Waals surface area contributed by atoms with Crippen LogP contribution in [0.2, 0.25) is 0 Å². The highest BCUT2D eigenvalue weighted by Gasteiger charge is 2.27. The second-order valence-corrected chi connectivity index (χ2v) is 15.1. The molecule has 0 aromatic heterocycles. The molecule has 2 nitrogen and oxygen atoms in total. The van der Waals surface area contributed by atoms with Crippen molar-refractivity contribution in [1.82, 2.24) is 0 Å². The maximum Gasteiger partial charge on any atom is 0.212 e. The molecule has 0 heterocycles. The monoisotopic (exact) mass is 615 g/mol. The molecule has 0 bridgehead atoms. The number of thiocarbonyl (C=S) groups is 2. The minimum atomic E-state index is -0.792. The van der Waals surface area contributed by atoms with E-state index in [1.54, 1.807) is 0 Å². The zero-order chi connectivity index (χ0) is 29.7. The Morgan fingerprint density at radius 3 is 1.38 bits per heavy atom. The Hall–Kier alpha value is 0.290. The number of thioether (sulfide) groups is 1. The molecule has 5 heteroatoms. The largest absolute Gasteiger partial charge is 0.457 e. The highest BCUT2D eigenvalue weighted by atomic mass is 32.2. The molecule has 1 aliphatic carbocycles. The van der Waals surface area contributed by atoms with Crippen LogP contribution in [0.5, 0.6) is 0 Å². The van der Waals surface area contributed by atoms with Crippen molar-refractivity contribution in [3.63, 3.8) is 0 Å². The van der Waals surface area contributed by atoms with Crippen LogP contribution >= 0.6 is 36.2 Å². The second kappa shape index (κ2) is 29.4. The molecule has 40 heavy (non-hydrogen) atoms. The molecule has 0 amide bonds. The molecular formula is C35H69NOS3. The van der Waals surface area contributed by atoms with Gasteiger partial charge < -0.3 is 4.74 Å². The van der Waals surface area contributed by atoms with Crippen LogP contribution in [-0.2, 0) is 4.74 Å². The minimum absolute atomic E-state index is 0.626. The van der Waals surface area contributed by atoms with E-state index >= 15 is 0 Å². The lowest BCUT2D eigenvalue weighted by atomic mass is 10.0. The quantitative estimate of drug-likeness (QED) is 0.0565. The SMILES string of the molecule is CCCCCCCCCCCC1CC1.CCCCCCCCCCCCCCCC(=S)OC(N)(CC)SC(C)=S. The summed E-state index contributed by atoms with van der Waals surface area (Å²) in [6, 6.07) is 0. The van der Waals surface area contributed by atoms with E-state index in [-0.39, 0.29) is 0 Å². The Balaban J connectivity index is 0.000000906. The van der Waals surface area contributed by atoms with Gasteiger partial charge in [-0.3, -0.25) is 5.73 Å². The van der Waals surface area contributed by atoms with Crippen molar-refractivity contribution in [3.05, 3.63) is 0 Å². The summed E-state index contributed by atoms with van der Waals surface area (Å²) < 4.78 is 6.58. The Morgan fingerprint density at radius 1 is 0.650 bits per heavy atom. The van der Waals surface area contributed by atoms with Crippen LogP contribution in [0.3, 0.4) is 0 Å². The summed E-state index contributed by atoms with van der Waals surface area (Å²) in [5.41, 5.74) is 6.21. The Morgan fingerprint density at radius 2 is 1.02 bits per heavy atom. The third kappa shape index (κ3) is 29.8. The summed E-state index contributed by atoms with van der Waals surface area (Å²) in [4.78, 5) is 0. The molecule has 238 valence electrons. The fraction of sp³-hybridized carbons (Fsp3) is 0.943. The van der Waals surface area contributed by atoms with Crippen LogP contribution in [-0.4, -0.2) is 14.3 Å². The molecule has 1 aliphatic rings. The van der Waals surface area contributed by atoms with Gasteiger partial charge in [0.2, 0.25) is 5.06 Å². The van der Waals surface area contributed by atoms with E-state index in [1.165, 1.54) is 166 Å². The molecule has 0 aromatic carbocycles. The number of rotatable bonds is 27. The molecule has 0 radical (unpaired) electrons. The number of hydrogen-bond acceptors (Lipinski definition) is 5. The fourth-order valence-corrected chi connectivity index (χ4v) is 6.63. The smallest absolute Gasteiger partial charge is 0.212 e. The van der Waals surface area contributed by atoms with Gasteiger partial charge in [0.25, 0.3) is 0 Å². The van der Waals surface area contributed by atoms with E-state index in [0.717, 1.165) is 23.0 Å². The standard InChI is InChI=1S/C21H41NOS3.C14H28/c1-4-6-7-8-9-10-11-12-13-14-15-16-17-18-20(25)23-21(22,5-2)26-19(3)24;1-2-3-4-5-6-7-8-9-10-11-14-12-13-14/h4-18,22H2,1-3H3;14H,2-13H2,1H3. The van der Waals surface area contributed by atoms with E-state index in [4.69, 9.17) is 34.9 Å². The van der Waals surface area contributed by atoms with E-state index in [9.17, 15) is 0 Å². The molecule has 1 saturated carbocycles. The fourth-order valence-electron chi connectivity index (χ4n) is 5.09. The van der Waals surface area contributed by atoms with Crippen molar-refractivity contribution in [2.45, 2.75) is 206 Å². The van der Waals surface area contributed by atoms with Gasteiger partial charge >= 0.3 is 0 Å². The Bertz CT molecular complexity index is 581. The van der Waals surface area contributed by atoms with Crippen molar-refractivity contribution in [2.75, 3.05) is 0 Å². The normalized spacial score (nSPS) is 14.3. The number of unbranched alkanes of at least 4 members (excludes halogenated alkanes) is 20. The van der Waals surface area contributed by atoms with Crippen molar-refractivity contribution in [1.29, 1.82) is 0 Å². The summed E-state index contributed by atoms with van der Waals surface area (Å²) >= 11 is 11.9. The van der Waals surface area contributed by atoms with Crippen LogP contribution in [0, 0.1) is 5.92 Å². The van der Waals surface area contributed by atoms with Crippen molar-refractivity contribution < 1.29 is 4.74 Å². The van der Waals surface area contributed by atoms with E-state index in [1.807, 2.05) is 13.8 Å². The van der Waals surface area contributed by atoms with Crippen LogP contribution in [0.1, 0.15) is 201 Å². The Kier molecular flexibility index (Phi) is 29.6. The molecule has 1 fully saturated rings. The average molecular weight is 616 g/mol. The third-order valence-corrected chi connectivity index (χ3v) is 9.54. The molecule has 0 spiro atoms. The zero-order valence-electron chi connectivity index (χ0n) is 27.4. The topological polar surface area (TPSA) is 35.2 Å². The highest BCUT2D eigenvalue weighted by Crippen LogP contribution is 2.34. The first kappa shape index (κ1) is 40.3. The van der Waals surface area contributed by atoms with E-state index in [0.29, 0.717) is 11.5 Å². The predicted molar refractivity (Wildman–Crippen MR) is 192 cm³/mol. The summed E-state index contributed by atoms with van der Waals surface area (Å²) in [6.07, 6.45) is 37.0. The average Bonchev–Trinajstić information content (AvgIpc) is 3.75. The van der Waals surface area contributed by atoms with Crippen molar-refractivity contribution in [2.24, 2.45) is 11.7 Å². The van der Waals surface area contributed by atoms with E-state index in [2.05, 4.69) is 13.8 Å². The summed E-state index contributed by atoms with van der Waals surface area (Å²) in [7, 11) is 0. The van der Waals surface area contributed by atoms with Gasteiger partial charge in [0.05, 0.1) is 0 Å². The predicted octanol–water partition coefficient (Wildman–Crippen LogP) is 13.2. The summed E-state index contributed by atoms with van der Waals surface area (Å²) in [5, 5.41) is -0.166. The highest BCUT2D eigenvalue weighted by molar-refractivity contribution is 8.23. The van der Waals surface area contributed by atoms with Crippen LogP contribution in [0.4, 0.5) is 0 Å².